The minimum absolute atomic E-state index is 0.0776. The van der Waals surface area contributed by atoms with Gasteiger partial charge in [-0.2, -0.15) is 0 Å². The Morgan fingerprint density at radius 1 is 1.30 bits per heavy atom. The molecule has 3 nitrogen and oxygen atoms in total. The molecule has 5 atom stereocenters. The summed E-state index contributed by atoms with van der Waals surface area (Å²) in [6, 6.07) is 5.28. The second-order valence-corrected chi connectivity index (χ2v) is 6.60. The molecular formula is C16H21FN2O. The predicted octanol–water partition coefficient (Wildman–Crippen LogP) is 2.63. The molecule has 0 saturated heterocycles. The summed E-state index contributed by atoms with van der Waals surface area (Å²) in [7, 11) is 1.49. The van der Waals surface area contributed by atoms with Crippen LogP contribution in [0.5, 0.6) is 5.75 Å². The van der Waals surface area contributed by atoms with Crippen molar-refractivity contribution in [3.8, 4) is 5.75 Å². The van der Waals surface area contributed by atoms with Gasteiger partial charge in [0, 0.05) is 6.04 Å². The number of hydrogen-bond acceptors (Lipinski definition) is 3. The number of nitrogens with one attached hydrogen (secondary N) is 1. The SMILES string of the molecule is COc1ccc(C(NN)C2C3C4CCC(C4)C32)cc1F. The number of halogens is 1. The van der Waals surface area contributed by atoms with Crippen molar-refractivity contribution in [2.75, 3.05) is 7.11 Å². The van der Waals surface area contributed by atoms with E-state index in [1.807, 2.05) is 6.07 Å². The summed E-state index contributed by atoms with van der Waals surface area (Å²) < 4.78 is 18.9. The minimum Gasteiger partial charge on any atom is -0.494 e. The topological polar surface area (TPSA) is 47.3 Å². The number of ether oxygens (including phenoxy) is 1. The van der Waals surface area contributed by atoms with Gasteiger partial charge in [0.1, 0.15) is 0 Å². The normalized spacial score (nSPS) is 38.6. The lowest BCUT2D eigenvalue weighted by Crippen LogP contribution is -2.31. The number of rotatable bonds is 4. The fourth-order valence-electron chi connectivity index (χ4n) is 5.14. The molecule has 0 heterocycles. The quantitative estimate of drug-likeness (QED) is 0.656. The van der Waals surface area contributed by atoms with Crippen LogP contribution in [0.25, 0.3) is 0 Å². The molecule has 0 radical (unpaired) electrons. The monoisotopic (exact) mass is 276 g/mol. The van der Waals surface area contributed by atoms with Crippen LogP contribution in [0.4, 0.5) is 4.39 Å². The molecule has 1 aromatic carbocycles. The van der Waals surface area contributed by atoms with Gasteiger partial charge < -0.3 is 4.74 Å². The highest BCUT2D eigenvalue weighted by Gasteiger charge is 2.66. The Bertz CT molecular complexity index is 519. The third-order valence-corrected chi connectivity index (χ3v) is 5.89. The van der Waals surface area contributed by atoms with E-state index in [9.17, 15) is 4.39 Å². The van der Waals surface area contributed by atoms with E-state index in [1.54, 1.807) is 12.1 Å². The van der Waals surface area contributed by atoms with Crippen molar-refractivity contribution in [3.05, 3.63) is 29.6 Å². The first kappa shape index (κ1) is 12.6. The molecule has 20 heavy (non-hydrogen) atoms. The molecule has 0 aliphatic heterocycles. The molecule has 1 aromatic rings. The van der Waals surface area contributed by atoms with Gasteiger partial charge in [0.2, 0.25) is 0 Å². The molecule has 0 spiro atoms. The van der Waals surface area contributed by atoms with Crippen molar-refractivity contribution in [1.82, 2.24) is 5.43 Å². The highest BCUT2D eigenvalue weighted by atomic mass is 19.1. The van der Waals surface area contributed by atoms with E-state index in [0.717, 1.165) is 29.2 Å². The molecule has 2 bridgehead atoms. The highest BCUT2D eigenvalue weighted by Crippen LogP contribution is 2.72. The molecule has 4 heteroatoms. The van der Waals surface area contributed by atoms with Crippen LogP contribution in [0.2, 0.25) is 0 Å². The molecule has 4 rings (SSSR count). The first-order chi connectivity index (χ1) is 9.74. The lowest BCUT2D eigenvalue weighted by Gasteiger charge is -2.20. The molecule has 3 saturated carbocycles. The van der Waals surface area contributed by atoms with E-state index < -0.39 is 0 Å². The first-order valence-electron chi connectivity index (χ1n) is 7.54. The van der Waals surface area contributed by atoms with Crippen molar-refractivity contribution in [1.29, 1.82) is 0 Å². The summed E-state index contributed by atoms with van der Waals surface area (Å²) >= 11 is 0. The predicted molar refractivity (Wildman–Crippen MR) is 74.3 cm³/mol. The molecule has 5 unspecified atom stereocenters. The van der Waals surface area contributed by atoms with Crippen molar-refractivity contribution in [2.24, 2.45) is 35.4 Å². The summed E-state index contributed by atoms with van der Waals surface area (Å²) in [5, 5.41) is 0. The Balaban J connectivity index is 1.59. The lowest BCUT2D eigenvalue weighted by molar-refractivity contribution is 0.368. The molecule has 3 aliphatic rings. The first-order valence-corrected chi connectivity index (χ1v) is 7.54. The molecular weight excluding hydrogens is 255 g/mol. The highest BCUT2D eigenvalue weighted by molar-refractivity contribution is 5.33. The van der Waals surface area contributed by atoms with Gasteiger partial charge >= 0.3 is 0 Å². The third kappa shape index (κ3) is 1.64. The second-order valence-electron chi connectivity index (χ2n) is 6.60. The van der Waals surface area contributed by atoms with E-state index in [1.165, 1.54) is 26.4 Å². The van der Waals surface area contributed by atoms with Crippen LogP contribution in [-0.4, -0.2) is 7.11 Å². The van der Waals surface area contributed by atoms with Gasteiger partial charge in [0.25, 0.3) is 0 Å². The van der Waals surface area contributed by atoms with E-state index in [-0.39, 0.29) is 11.9 Å². The summed E-state index contributed by atoms with van der Waals surface area (Å²) in [5.41, 5.74) is 3.88. The van der Waals surface area contributed by atoms with Crippen molar-refractivity contribution in [3.63, 3.8) is 0 Å². The number of hydrazine groups is 1. The van der Waals surface area contributed by atoms with Gasteiger partial charge in [0.05, 0.1) is 7.11 Å². The van der Waals surface area contributed by atoms with Gasteiger partial charge in [-0.3, -0.25) is 11.3 Å². The number of benzene rings is 1. The smallest absolute Gasteiger partial charge is 0.165 e. The Morgan fingerprint density at radius 2 is 2.00 bits per heavy atom. The van der Waals surface area contributed by atoms with Crippen LogP contribution in [0.1, 0.15) is 30.9 Å². The number of fused-ring (bicyclic) bond motifs is 5. The lowest BCUT2D eigenvalue weighted by atomic mass is 9.93. The molecule has 0 aromatic heterocycles. The van der Waals surface area contributed by atoms with Crippen LogP contribution in [0.3, 0.4) is 0 Å². The Hall–Kier alpha value is -1.13. The maximum Gasteiger partial charge on any atom is 0.165 e. The van der Waals surface area contributed by atoms with Gasteiger partial charge in [-0.1, -0.05) is 6.07 Å². The Labute approximate surface area is 118 Å². The van der Waals surface area contributed by atoms with Crippen LogP contribution in [-0.2, 0) is 0 Å². The van der Waals surface area contributed by atoms with Crippen molar-refractivity contribution >= 4 is 0 Å². The van der Waals surface area contributed by atoms with Gasteiger partial charge in [-0.15, -0.1) is 0 Å². The summed E-state index contributed by atoms with van der Waals surface area (Å²) in [4.78, 5) is 0. The summed E-state index contributed by atoms with van der Waals surface area (Å²) in [6.45, 7) is 0. The number of nitrogens with two attached hydrogens (primary N) is 1. The number of hydrogen-bond donors (Lipinski definition) is 2. The van der Waals surface area contributed by atoms with Crippen molar-refractivity contribution in [2.45, 2.75) is 25.3 Å². The molecule has 3 fully saturated rings. The van der Waals surface area contributed by atoms with E-state index in [2.05, 4.69) is 5.43 Å². The third-order valence-electron chi connectivity index (χ3n) is 5.89. The Kier molecular flexibility index (Phi) is 2.79. The van der Waals surface area contributed by atoms with E-state index in [4.69, 9.17) is 10.6 Å². The zero-order valence-electron chi connectivity index (χ0n) is 11.7. The largest absolute Gasteiger partial charge is 0.494 e. The Morgan fingerprint density at radius 3 is 2.55 bits per heavy atom. The van der Waals surface area contributed by atoms with Gasteiger partial charge in [-0.25, -0.2) is 4.39 Å². The zero-order chi connectivity index (χ0) is 13.9. The minimum atomic E-state index is -0.306. The maximum atomic E-state index is 13.9. The molecule has 3 N–H and O–H groups in total. The van der Waals surface area contributed by atoms with Crippen LogP contribution < -0.4 is 16.0 Å². The molecule has 0 amide bonds. The van der Waals surface area contributed by atoms with Crippen LogP contribution in [0.15, 0.2) is 18.2 Å². The van der Waals surface area contributed by atoms with Crippen LogP contribution >= 0.6 is 0 Å². The van der Waals surface area contributed by atoms with Crippen molar-refractivity contribution < 1.29 is 9.13 Å². The van der Waals surface area contributed by atoms with E-state index in [0.29, 0.717) is 11.7 Å². The van der Waals surface area contributed by atoms with Gasteiger partial charge in [-0.05, 0) is 66.5 Å². The number of methoxy groups -OCH3 is 1. The maximum absolute atomic E-state index is 13.9. The van der Waals surface area contributed by atoms with Crippen LogP contribution in [0, 0.1) is 35.4 Å². The summed E-state index contributed by atoms with van der Waals surface area (Å²) in [6.07, 6.45) is 4.19. The fraction of sp³-hybridized carbons (Fsp3) is 0.625. The zero-order valence-corrected chi connectivity index (χ0v) is 11.7. The van der Waals surface area contributed by atoms with Gasteiger partial charge in [0.15, 0.2) is 11.6 Å². The fourth-order valence-corrected chi connectivity index (χ4v) is 5.14. The second kappa shape index (κ2) is 4.43. The average Bonchev–Trinajstić information content (AvgIpc) is 2.88. The summed E-state index contributed by atoms with van der Waals surface area (Å²) in [5.74, 6) is 9.79. The van der Waals surface area contributed by atoms with E-state index >= 15 is 0 Å². The molecule has 108 valence electrons. The molecule has 3 aliphatic carbocycles. The average molecular weight is 276 g/mol. The standard InChI is InChI=1S/C16H21FN2O/c1-20-12-5-4-10(7-11(12)17)16(19-18)15-13-8-2-3-9(6-8)14(13)15/h4-5,7-9,13-16,19H,2-3,6,18H2,1H3.